The second-order valence-electron chi connectivity index (χ2n) is 8.52. The van der Waals surface area contributed by atoms with Crippen molar-refractivity contribution >= 4 is 51.9 Å². The fourth-order valence-corrected chi connectivity index (χ4v) is 6.99. The van der Waals surface area contributed by atoms with Crippen LogP contribution in [0.5, 0.6) is 5.75 Å². The van der Waals surface area contributed by atoms with Crippen molar-refractivity contribution in [2.75, 3.05) is 7.05 Å². The van der Waals surface area contributed by atoms with Crippen LogP contribution in [0.2, 0.25) is 39.3 Å². The van der Waals surface area contributed by atoms with E-state index in [0.717, 1.165) is 10.9 Å². The number of hydrogen-bond acceptors (Lipinski definition) is 2. The number of benzene rings is 2. The summed E-state index contributed by atoms with van der Waals surface area (Å²) in [5.41, 5.74) is 1.13. The number of aliphatic imine (C=N–C) groups is 1. The molecule has 0 radical (unpaired) electrons. The third kappa shape index (κ3) is 4.90. The van der Waals surface area contributed by atoms with Gasteiger partial charge >= 0.3 is 0 Å². The zero-order chi connectivity index (χ0) is 18.8. The maximum absolute atomic E-state index is 11.0. The Hall–Kier alpha value is -1.23. The summed E-state index contributed by atoms with van der Waals surface area (Å²) in [7, 11) is -0.833. The third-order valence-corrected chi connectivity index (χ3v) is 9.68. The zero-order valence-corrected chi connectivity index (χ0v) is 19.4. The fraction of sp³-hybridized carbons (Fsp3) is 0.350. The lowest BCUT2D eigenvalue weighted by Gasteiger charge is -2.26. The summed E-state index contributed by atoms with van der Waals surface area (Å²) >= 11 is 0. The zero-order valence-electron chi connectivity index (χ0n) is 16.4. The van der Waals surface area contributed by atoms with E-state index in [0.29, 0.717) is 14.3 Å². The molecule has 25 heavy (non-hydrogen) atoms. The molecule has 0 saturated carbocycles. The van der Waals surface area contributed by atoms with E-state index in [1.807, 2.05) is 12.3 Å². The van der Waals surface area contributed by atoms with Crippen LogP contribution in [0.15, 0.2) is 41.4 Å². The second kappa shape index (κ2) is 7.57. The lowest BCUT2D eigenvalue weighted by atomic mass is 10.2. The normalized spacial score (nSPS) is 13.2. The van der Waals surface area contributed by atoms with Crippen molar-refractivity contribution in [1.29, 1.82) is 0 Å². The number of nitrogens with zero attached hydrogens (tertiary/aromatic N) is 1. The predicted molar refractivity (Wildman–Crippen MR) is 122 cm³/mol. The minimum Gasteiger partial charge on any atom is -0.507 e. The molecule has 5 heteroatoms. The van der Waals surface area contributed by atoms with E-state index in [1.54, 1.807) is 7.05 Å². The van der Waals surface area contributed by atoms with Crippen molar-refractivity contribution in [1.82, 2.24) is 0 Å². The van der Waals surface area contributed by atoms with Crippen LogP contribution in [0.25, 0.3) is 0 Å². The molecule has 1 atom stereocenters. The van der Waals surface area contributed by atoms with E-state index >= 15 is 0 Å². The third-order valence-electron chi connectivity index (χ3n) is 4.28. The molecule has 2 nitrogen and oxygen atoms in total. The van der Waals surface area contributed by atoms with Gasteiger partial charge in [-0.1, -0.05) is 89.4 Å². The van der Waals surface area contributed by atoms with Gasteiger partial charge in [0.15, 0.2) is 0 Å². The van der Waals surface area contributed by atoms with Crippen LogP contribution in [-0.4, -0.2) is 34.5 Å². The van der Waals surface area contributed by atoms with Crippen molar-refractivity contribution in [3.63, 3.8) is 0 Å². The van der Waals surface area contributed by atoms with Crippen molar-refractivity contribution in [2.45, 2.75) is 39.3 Å². The molecule has 0 saturated heterocycles. The summed E-state index contributed by atoms with van der Waals surface area (Å²) in [5, 5.41) is 16.0. The Bertz CT molecular complexity index is 789. The highest BCUT2D eigenvalue weighted by Gasteiger charge is 2.27. The monoisotopic (exact) mass is 387 g/mol. The van der Waals surface area contributed by atoms with E-state index in [9.17, 15) is 5.11 Å². The summed E-state index contributed by atoms with van der Waals surface area (Å²) in [5.74, 6) is 0.516. The molecular weight excluding hydrogens is 357 g/mol. The van der Waals surface area contributed by atoms with Crippen LogP contribution in [-0.2, 0) is 0 Å². The number of hydrogen-bond donors (Lipinski definition) is 1. The molecule has 0 aliphatic heterocycles. The van der Waals surface area contributed by atoms with Crippen LogP contribution >= 0.6 is 8.58 Å². The van der Waals surface area contributed by atoms with E-state index < -0.39 is 16.1 Å². The number of phenols is 1. The summed E-state index contributed by atoms with van der Waals surface area (Å²) in [6.07, 6.45) is 1.90. The largest absolute Gasteiger partial charge is 0.507 e. The van der Waals surface area contributed by atoms with Gasteiger partial charge in [-0.2, -0.15) is 0 Å². The highest BCUT2D eigenvalue weighted by Crippen LogP contribution is 2.21. The fourth-order valence-electron chi connectivity index (χ4n) is 2.74. The topological polar surface area (TPSA) is 32.6 Å². The van der Waals surface area contributed by atoms with E-state index in [-0.39, 0.29) is 0 Å². The van der Waals surface area contributed by atoms with Gasteiger partial charge in [-0.05, 0) is 16.1 Å². The lowest BCUT2D eigenvalue weighted by Crippen LogP contribution is -2.47. The molecule has 1 N–H and O–H groups in total. The van der Waals surface area contributed by atoms with Crippen LogP contribution in [0.1, 0.15) is 5.56 Å². The van der Waals surface area contributed by atoms with Gasteiger partial charge < -0.3 is 5.11 Å². The molecule has 0 amide bonds. The Morgan fingerprint density at radius 2 is 1.56 bits per heavy atom. The first-order chi connectivity index (χ1) is 11.5. The Morgan fingerprint density at radius 1 is 0.920 bits per heavy atom. The molecule has 0 heterocycles. The van der Waals surface area contributed by atoms with Crippen LogP contribution < -0.4 is 21.0 Å². The summed E-state index contributed by atoms with van der Waals surface area (Å²) in [6, 6.07) is 12.9. The first-order valence-corrected chi connectivity index (χ1v) is 16.7. The summed E-state index contributed by atoms with van der Waals surface area (Å²) in [4.78, 5) is 4.17. The van der Waals surface area contributed by atoms with Crippen LogP contribution in [0.3, 0.4) is 0 Å². The molecule has 0 fully saturated rings. The first-order valence-electron chi connectivity index (χ1n) is 8.70. The smallest absolute Gasteiger partial charge is 0.122 e. The number of phenolic OH excluding ortho intramolecular Hbond substituents is 1. The van der Waals surface area contributed by atoms with Gasteiger partial charge in [-0.25, -0.2) is 0 Å². The lowest BCUT2D eigenvalue weighted by molar-refractivity contribution is 0.484. The Balaban J connectivity index is 2.61. The Kier molecular flexibility index (Phi) is 6.08. The summed E-state index contributed by atoms with van der Waals surface area (Å²) < 4.78 is 0. The van der Waals surface area contributed by atoms with Gasteiger partial charge in [0.2, 0.25) is 0 Å². The maximum Gasteiger partial charge on any atom is 0.122 e. The van der Waals surface area contributed by atoms with Crippen molar-refractivity contribution < 1.29 is 5.11 Å². The molecule has 0 aromatic heterocycles. The molecule has 2 aromatic rings. The van der Waals surface area contributed by atoms with E-state index in [1.165, 1.54) is 15.7 Å². The quantitative estimate of drug-likeness (QED) is 0.477. The average Bonchev–Trinajstić information content (AvgIpc) is 2.49. The van der Waals surface area contributed by atoms with Crippen LogP contribution in [0.4, 0.5) is 0 Å². The molecule has 2 rings (SSSR count). The predicted octanol–water partition coefficient (Wildman–Crippen LogP) is 3.16. The standard InChI is InChI=1S/C20H30NOPSi2/c1-21-14-15-10-8-9-11-17(15)23-18-12-16(24(2,3)4)13-19(20(18)22)25(5,6)7/h8-14,22-23H,1-7H3. The average molecular weight is 388 g/mol. The molecule has 0 bridgehead atoms. The van der Waals surface area contributed by atoms with Gasteiger partial charge in [-0.3, -0.25) is 4.99 Å². The van der Waals surface area contributed by atoms with Gasteiger partial charge in [0.1, 0.15) is 5.75 Å². The highest BCUT2D eigenvalue weighted by molar-refractivity contribution is 7.56. The minimum atomic E-state index is -1.62. The molecule has 134 valence electrons. The number of rotatable bonds is 5. The Labute approximate surface area is 156 Å². The molecule has 0 aliphatic carbocycles. The first kappa shape index (κ1) is 20.1. The highest BCUT2D eigenvalue weighted by atomic mass is 31.1. The molecule has 0 aliphatic rings. The molecular formula is C20H30NOPSi2. The van der Waals surface area contributed by atoms with Gasteiger partial charge in [0.05, 0.1) is 16.1 Å². The van der Waals surface area contributed by atoms with Gasteiger partial charge in [-0.15, -0.1) is 0 Å². The number of aromatic hydroxyl groups is 1. The minimum absolute atomic E-state index is 0.438. The van der Waals surface area contributed by atoms with Crippen LogP contribution in [0, 0.1) is 0 Å². The van der Waals surface area contributed by atoms with E-state index in [4.69, 9.17) is 0 Å². The molecule has 1 unspecified atom stereocenters. The van der Waals surface area contributed by atoms with Crippen molar-refractivity contribution in [2.24, 2.45) is 4.99 Å². The Morgan fingerprint density at radius 3 is 2.12 bits per heavy atom. The summed E-state index contributed by atoms with van der Waals surface area (Å²) in [6.45, 7) is 14.0. The van der Waals surface area contributed by atoms with E-state index in [2.05, 4.69) is 74.6 Å². The van der Waals surface area contributed by atoms with Gasteiger partial charge in [0.25, 0.3) is 0 Å². The maximum atomic E-state index is 11.0. The molecule has 0 spiro atoms. The van der Waals surface area contributed by atoms with Crippen molar-refractivity contribution in [3.05, 3.63) is 42.0 Å². The van der Waals surface area contributed by atoms with Crippen molar-refractivity contribution in [3.8, 4) is 5.75 Å². The SMILES string of the molecule is CN=Cc1ccccc1Pc1cc([Si](C)(C)C)cc([Si](C)(C)C)c1O. The van der Waals surface area contributed by atoms with Gasteiger partial charge in [0, 0.05) is 18.6 Å². The molecule has 2 aromatic carbocycles. The second-order valence-corrected chi connectivity index (χ2v) is 20.0.